The molecule has 96 valence electrons. The van der Waals surface area contributed by atoms with Crippen LogP contribution in [0.1, 0.15) is 26.2 Å². The molecule has 1 rings (SSSR count). The summed E-state index contributed by atoms with van der Waals surface area (Å²) in [6, 6.07) is 7.90. The molecule has 0 aliphatic carbocycles. The van der Waals surface area contributed by atoms with E-state index in [-0.39, 0.29) is 0 Å². The zero-order valence-electron chi connectivity index (χ0n) is 10.8. The van der Waals surface area contributed by atoms with Crippen molar-refractivity contribution in [3.05, 3.63) is 28.7 Å². The Morgan fingerprint density at radius 3 is 2.35 bits per heavy atom. The van der Waals surface area contributed by atoms with Crippen molar-refractivity contribution in [1.82, 2.24) is 0 Å². The molecule has 0 aliphatic heterocycles. The Kier molecular flexibility index (Phi) is 6.23. The fraction of sp³-hybridized carbons (Fsp3) is 0.538. The van der Waals surface area contributed by atoms with E-state index in [4.69, 9.17) is 8.85 Å². The zero-order chi connectivity index (χ0) is 12.7. The Morgan fingerprint density at radius 2 is 1.76 bits per heavy atom. The summed E-state index contributed by atoms with van der Waals surface area (Å²) < 4.78 is 12.9. The van der Waals surface area contributed by atoms with E-state index in [0.717, 1.165) is 23.2 Å². The van der Waals surface area contributed by atoms with Gasteiger partial charge in [0.25, 0.3) is 0 Å². The summed E-state index contributed by atoms with van der Waals surface area (Å²) in [7, 11) is -2.03. The zero-order valence-corrected chi connectivity index (χ0v) is 13.4. The van der Waals surface area contributed by atoms with Gasteiger partial charge in [0.15, 0.2) is 0 Å². The first-order chi connectivity index (χ1) is 8.03. The summed E-state index contributed by atoms with van der Waals surface area (Å²) in [6.45, 7) is 7.17. The van der Waals surface area contributed by atoms with Gasteiger partial charge in [-0.1, -0.05) is 35.7 Å². The summed E-state index contributed by atoms with van der Waals surface area (Å²) in [5.74, 6) is 0.889. The molecule has 1 aromatic rings. The van der Waals surface area contributed by atoms with Gasteiger partial charge in [0.2, 0.25) is 0 Å². The first kappa shape index (κ1) is 14.7. The maximum atomic E-state index is 5.93. The lowest BCUT2D eigenvalue weighted by Gasteiger charge is -2.23. The van der Waals surface area contributed by atoms with Gasteiger partial charge in [-0.15, -0.1) is 0 Å². The van der Waals surface area contributed by atoms with Crippen LogP contribution in [0.15, 0.2) is 28.7 Å². The number of hydrogen-bond acceptors (Lipinski definition) is 2. The van der Waals surface area contributed by atoms with Crippen molar-refractivity contribution < 1.29 is 8.85 Å². The van der Waals surface area contributed by atoms with Gasteiger partial charge in [0.05, 0.1) is 0 Å². The summed E-state index contributed by atoms with van der Waals surface area (Å²) in [4.78, 5) is 0. The van der Waals surface area contributed by atoms with E-state index >= 15 is 0 Å². The van der Waals surface area contributed by atoms with Crippen molar-refractivity contribution in [3.8, 4) is 5.75 Å². The Labute approximate surface area is 114 Å². The van der Waals surface area contributed by atoms with Gasteiger partial charge < -0.3 is 8.85 Å². The van der Waals surface area contributed by atoms with Crippen LogP contribution in [0.4, 0.5) is 0 Å². The molecule has 0 aliphatic rings. The van der Waals surface area contributed by atoms with Crippen LogP contribution in [-0.2, 0) is 4.43 Å². The second kappa shape index (κ2) is 7.19. The Morgan fingerprint density at radius 1 is 1.12 bits per heavy atom. The third-order valence-corrected chi connectivity index (χ3v) is 4.53. The van der Waals surface area contributed by atoms with E-state index in [1.807, 2.05) is 24.3 Å². The second-order valence-corrected chi connectivity index (χ2v) is 8.72. The summed E-state index contributed by atoms with van der Waals surface area (Å²) in [6.07, 6.45) is 3.57. The number of hydrogen-bond donors (Lipinski definition) is 0. The first-order valence-electron chi connectivity index (χ1n) is 6.12. The standard InChI is InChI=1S/C13H21BrO2Si/c1-4-5-6-11-15-17(2,3)16-13-9-7-12(14)8-10-13/h7-10H,4-6,11H2,1-3H3. The largest absolute Gasteiger partial charge is 0.520 e. The molecule has 0 aromatic heterocycles. The quantitative estimate of drug-likeness (QED) is 0.534. The summed E-state index contributed by atoms with van der Waals surface area (Å²) >= 11 is 3.41. The number of benzene rings is 1. The van der Waals surface area contributed by atoms with Crippen LogP contribution in [0.2, 0.25) is 13.1 Å². The van der Waals surface area contributed by atoms with E-state index in [2.05, 4.69) is 35.9 Å². The molecule has 0 spiro atoms. The molecule has 0 atom stereocenters. The normalized spacial score (nSPS) is 11.5. The third kappa shape index (κ3) is 6.24. The van der Waals surface area contributed by atoms with E-state index in [9.17, 15) is 0 Å². The molecule has 2 nitrogen and oxygen atoms in total. The SMILES string of the molecule is CCCCCO[Si](C)(C)Oc1ccc(Br)cc1. The molecule has 0 N–H and O–H groups in total. The molecule has 4 heteroatoms. The van der Waals surface area contributed by atoms with Crippen molar-refractivity contribution in [2.75, 3.05) is 6.61 Å². The van der Waals surface area contributed by atoms with Gasteiger partial charge in [-0.05, 0) is 43.8 Å². The molecule has 0 unspecified atom stereocenters. The minimum absolute atomic E-state index is 0.809. The number of unbranched alkanes of at least 4 members (excludes halogenated alkanes) is 2. The molecular weight excluding hydrogens is 296 g/mol. The minimum atomic E-state index is -2.03. The molecule has 0 saturated heterocycles. The lowest BCUT2D eigenvalue weighted by molar-refractivity contribution is 0.241. The molecule has 17 heavy (non-hydrogen) atoms. The molecule has 1 aromatic carbocycles. The Balaban J connectivity index is 2.40. The molecule has 0 saturated carbocycles. The van der Waals surface area contributed by atoms with Crippen LogP contribution in [0.25, 0.3) is 0 Å². The number of rotatable bonds is 7. The van der Waals surface area contributed by atoms with Gasteiger partial charge >= 0.3 is 8.56 Å². The van der Waals surface area contributed by atoms with Crippen LogP contribution in [0.3, 0.4) is 0 Å². The summed E-state index contributed by atoms with van der Waals surface area (Å²) in [5.41, 5.74) is 0. The van der Waals surface area contributed by atoms with Crippen LogP contribution < -0.4 is 4.43 Å². The molecule has 0 radical (unpaired) electrons. The maximum Gasteiger partial charge on any atom is 0.392 e. The van der Waals surface area contributed by atoms with Crippen LogP contribution in [0, 0.1) is 0 Å². The predicted octanol–water partition coefficient (Wildman–Crippen LogP) is 4.74. The molecule has 0 bridgehead atoms. The smallest absolute Gasteiger partial charge is 0.392 e. The van der Waals surface area contributed by atoms with Crippen LogP contribution >= 0.6 is 15.9 Å². The fourth-order valence-electron chi connectivity index (χ4n) is 1.49. The monoisotopic (exact) mass is 316 g/mol. The first-order valence-corrected chi connectivity index (χ1v) is 9.73. The molecular formula is C13H21BrO2Si. The topological polar surface area (TPSA) is 18.5 Å². The average Bonchev–Trinajstić information content (AvgIpc) is 2.27. The van der Waals surface area contributed by atoms with E-state index in [0.29, 0.717) is 0 Å². The minimum Gasteiger partial charge on any atom is -0.520 e. The van der Waals surface area contributed by atoms with Crippen molar-refractivity contribution in [2.45, 2.75) is 39.3 Å². The van der Waals surface area contributed by atoms with E-state index < -0.39 is 8.56 Å². The van der Waals surface area contributed by atoms with Crippen molar-refractivity contribution in [2.24, 2.45) is 0 Å². The fourth-order valence-corrected chi connectivity index (χ4v) is 3.15. The highest BCUT2D eigenvalue weighted by Crippen LogP contribution is 2.20. The molecule has 0 heterocycles. The van der Waals surface area contributed by atoms with Gasteiger partial charge in [0, 0.05) is 11.1 Å². The van der Waals surface area contributed by atoms with E-state index in [1.54, 1.807) is 0 Å². The predicted molar refractivity (Wildman–Crippen MR) is 77.7 cm³/mol. The maximum absolute atomic E-state index is 5.93. The molecule has 0 amide bonds. The third-order valence-electron chi connectivity index (χ3n) is 2.37. The van der Waals surface area contributed by atoms with Crippen molar-refractivity contribution in [1.29, 1.82) is 0 Å². The number of halogens is 1. The lowest BCUT2D eigenvalue weighted by Crippen LogP contribution is -2.38. The van der Waals surface area contributed by atoms with Crippen LogP contribution in [-0.4, -0.2) is 15.2 Å². The molecule has 0 fully saturated rings. The van der Waals surface area contributed by atoms with Crippen molar-refractivity contribution >= 4 is 24.5 Å². The Hall–Kier alpha value is -0.323. The second-order valence-electron chi connectivity index (χ2n) is 4.51. The highest BCUT2D eigenvalue weighted by molar-refractivity contribution is 9.10. The van der Waals surface area contributed by atoms with Gasteiger partial charge in [-0.2, -0.15) is 0 Å². The highest BCUT2D eigenvalue weighted by atomic mass is 79.9. The summed E-state index contributed by atoms with van der Waals surface area (Å²) in [5, 5.41) is 0. The van der Waals surface area contributed by atoms with Gasteiger partial charge in [0.1, 0.15) is 5.75 Å². The van der Waals surface area contributed by atoms with E-state index in [1.165, 1.54) is 12.8 Å². The highest BCUT2D eigenvalue weighted by Gasteiger charge is 2.26. The van der Waals surface area contributed by atoms with Gasteiger partial charge in [-0.25, -0.2) is 0 Å². The van der Waals surface area contributed by atoms with Gasteiger partial charge in [-0.3, -0.25) is 0 Å². The lowest BCUT2D eigenvalue weighted by atomic mass is 10.3. The van der Waals surface area contributed by atoms with Crippen LogP contribution in [0.5, 0.6) is 5.75 Å². The van der Waals surface area contributed by atoms with Crippen molar-refractivity contribution in [3.63, 3.8) is 0 Å². The Bertz CT molecular complexity index is 325. The average molecular weight is 317 g/mol.